The van der Waals surface area contributed by atoms with Gasteiger partial charge in [0.15, 0.2) is 4.33 Å². The quantitative estimate of drug-likeness (QED) is 0.654. The summed E-state index contributed by atoms with van der Waals surface area (Å²) in [6.07, 6.45) is -0.296. The largest absolute Gasteiger partial charge is 0.327 e. The Morgan fingerprint density at radius 1 is 1.08 bits per heavy atom. The smallest absolute Gasteiger partial charge is 0.220 e. The summed E-state index contributed by atoms with van der Waals surface area (Å²) < 4.78 is 36.1. The first-order valence-corrected chi connectivity index (χ1v) is 4.33. The number of alkyl halides is 6. The molecular formula is C6H8Cl3F3. The van der Waals surface area contributed by atoms with Crippen LogP contribution in [-0.2, 0) is 0 Å². The topological polar surface area (TPSA) is 0 Å². The second-order valence-corrected chi connectivity index (χ2v) is 4.71. The van der Waals surface area contributed by atoms with E-state index in [0.29, 0.717) is 6.92 Å². The molecule has 0 aliphatic carbocycles. The fourth-order valence-corrected chi connectivity index (χ4v) is 1.16. The number of halogens is 6. The Kier molecular flexibility index (Phi) is 3.62. The van der Waals surface area contributed by atoms with Gasteiger partial charge in [-0.2, -0.15) is 8.78 Å². The first kappa shape index (κ1) is 12.7. The van der Waals surface area contributed by atoms with Crippen molar-refractivity contribution in [1.82, 2.24) is 0 Å². The molecule has 0 rings (SSSR count). The van der Waals surface area contributed by atoms with Crippen LogP contribution in [0.5, 0.6) is 0 Å². The van der Waals surface area contributed by atoms with Crippen LogP contribution in [-0.4, -0.2) is 15.4 Å². The molecule has 0 N–H and O–H groups in total. The molecule has 1 unspecified atom stereocenters. The highest BCUT2D eigenvalue weighted by Crippen LogP contribution is 2.50. The molecule has 0 aromatic rings. The molecule has 0 aromatic carbocycles. The van der Waals surface area contributed by atoms with E-state index < -0.39 is 15.4 Å². The molecule has 0 spiro atoms. The summed E-state index contributed by atoms with van der Waals surface area (Å²) in [6, 6.07) is 0. The molecule has 0 amide bonds. The van der Waals surface area contributed by atoms with Gasteiger partial charge in [0.1, 0.15) is 0 Å². The van der Waals surface area contributed by atoms with Gasteiger partial charge in [0.25, 0.3) is 0 Å². The van der Waals surface area contributed by atoms with Crippen LogP contribution in [0, 0.1) is 0 Å². The summed E-state index contributed by atoms with van der Waals surface area (Å²) >= 11 is 15.2. The molecule has 0 saturated heterocycles. The van der Waals surface area contributed by atoms with Crippen molar-refractivity contribution in [2.45, 2.75) is 35.7 Å². The van der Waals surface area contributed by atoms with Gasteiger partial charge in [0.05, 0.1) is 0 Å². The van der Waals surface area contributed by atoms with E-state index in [1.807, 2.05) is 0 Å². The molecule has 0 aromatic heterocycles. The van der Waals surface area contributed by atoms with Crippen LogP contribution < -0.4 is 0 Å². The minimum absolute atomic E-state index is 0.296. The maximum absolute atomic E-state index is 12.9. The summed E-state index contributed by atoms with van der Waals surface area (Å²) in [5.41, 5.74) is 0. The Morgan fingerprint density at radius 3 is 1.50 bits per heavy atom. The molecule has 1 atom stereocenters. The Hall–Kier alpha value is 0.660. The average molecular weight is 243 g/mol. The van der Waals surface area contributed by atoms with Crippen LogP contribution in [0.15, 0.2) is 0 Å². The first-order chi connectivity index (χ1) is 5.06. The molecule has 0 heterocycles. The molecule has 0 aliphatic heterocycles. The molecule has 0 nitrogen and oxygen atoms in total. The minimum Gasteiger partial charge on any atom is -0.220 e. The second kappa shape index (κ2) is 3.43. The SMILES string of the molecule is CCC(Cl)(Cl)C(F)(F)C(C)(F)Cl. The van der Waals surface area contributed by atoms with Crippen LogP contribution in [0.4, 0.5) is 13.2 Å². The minimum atomic E-state index is -3.99. The highest BCUT2D eigenvalue weighted by Gasteiger charge is 2.63. The molecule has 6 heteroatoms. The van der Waals surface area contributed by atoms with E-state index in [1.165, 1.54) is 6.92 Å². The number of hydrogen-bond acceptors (Lipinski definition) is 0. The number of rotatable bonds is 3. The van der Waals surface area contributed by atoms with Crippen LogP contribution in [0.2, 0.25) is 0 Å². The van der Waals surface area contributed by atoms with Gasteiger partial charge in [-0.25, -0.2) is 4.39 Å². The summed E-state index contributed by atoms with van der Waals surface area (Å²) in [6.45, 7) is 1.83. The van der Waals surface area contributed by atoms with Crippen LogP contribution in [0.25, 0.3) is 0 Å². The average Bonchev–Trinajstić information content (AvgIpc) is 1.85. The van der Waals surface area contributed by atoms with E-state index >= 15 is 0 Å². The van der Waals surface area contributed by atoms with Crippen molar-refractivity contribution in [1.29, 1.82) is 0 Å². The van der Waals surface area contributed by atoms with Gasteiger partial charge in [-0.05, 0) is 13.3 Å². The lowest BCUT2D eigenvalue weighted by molar-refractivity contribution is -0.0997. The van der Waals surface area contributed by atoms with Gasteiger partial charge >= 0.3 is 5.92 Å². The van der Waals surface area contributed by atoms with Gasteiger partial charge < -0.3 is 0 Å². The lowest BCUT2D eigenvalue weighted by atomic mass is 10.1. The van der Waals surface area contributed by atoms with Crippen molar-refractivity contribution in [3.63, 3.8) is 0 Å². The third kappa shape index (κ3) is 2.12. The van der Waals surface area contributed by atoms with Gasteiger partial charge in [0.2, 0.25) is 5.13 Å². The maximum atomic E-state index is 12.9. The van der Waals surface area contributed by atoms with E-state index in [1.54, 1.807) is 0 Å². The molecule has 12 heavy (non-hydrogen) atoms. The molecule has 0 bridgehead atoms. The van der Waals surface area contributed by atoms with Crippen molar-refractivity contribution >= 4 is 34.8 Å². The molecule has 0 fully saturated rings. The predicted octanol–water partition coefficient (Wildman–Crippen LogP) is 4.13. The van der Waals surface area contributed by atoms with E-state index in [0.717, 1.165) is 0 Å². The maximum Gasteiger partial charge on any atom is 0.327 e. The second-order valence-electron chi connectivity index (χ2n) is 2.52. The molecular weight excluding hydrogens is 235 g/mol. The highest BCUT2D eigenvalue weighted by molar-refractivity contribution is 6.49. The molecule has 0 saturated carbocycles. The monoisotopic (exact) mass is 242 g/mol. The normalized spacial score (nSPS) is 19.0. The van der Waals surface area contributed by atoms with Crippen LogP contribution in [0.1, 0.15) is 20.3 Å². The zero-order valence-electron chi connectivity index (χ0n) is 6.47. The fourth-order valence-electron chi connectivity index (χ4n) is 0.543. The number of hydrogen-bond donors (Lipinski definition) is 0. The van der Waals surface area contributed by atoms with Gasteiger partial charge in [0, 0.05) is 0 Å². The van der Waals surface area contributed by atoms with Gasteiger partial charge in [-0.3, -0.25) is 0 Å². The summed E-state index contributed by atoms with van der Waals surface area (Å²) in [7, 11) is 0. The van der Waals surface area contributed by atoms with Crippen molar-refractivity contribution in [3.05, 3.63) is 0 Å². The van der Waals surface area contributed by atoms with Crippen molar-refractivity contribution < 1.29 is 13.2 Å². The molecule has 0 aliphatic rings. The van der Waals surface area contributed by atoms with Crippen LogP contribution >= 0.6 is 34.8 Å². The van der Waals surface area contributed by atoms with Crippen molar-refractivity contribution in [3.8, 4) is 0 Å². The first-order valence-electron chi connectivity index (χ1n) is 3.19. The van der Waals surface area contributed by atoms with E-state index in [9.17, 15) is 13.2 Å². The Bertz CT molecular complexity index is 162. The lowest BCUT2D eigenvalue weighted by Crippen LogP contribution is -2.50. The summed E-state index contributed by atoms with van der Waals surface area (Å²) in [5, 5.41) is -3.24. The van der Waals surface area contributed by atoms with E-state index in [-0.39, 0.29) is 6.42 Å². The highest BCUT2D eigenvalue weighted by atomic mass is 35.5. The van der Waals surface area contributed by atoms with Crippen LogP contribution in [0.3, 0.4) is 0 Å². The molecule has 74 valence electrons. The Labute approximate surface area is 84.0 Å². The summed E-state index contributed by atoms with van der Waals surface area (Å²) in [4.78, 5) is 0. The van der Waals surface area contributed by atoms with E-state index in [4.69, 9.17) is 34.8 Å². The Balaban J connectivity index is 4.85. The third-order valence-electron chi connectivity index (χ3n) is 1.45. The van der Waals surface area contributed by atoms with Crippen molar-refractivity contribution in [2.24, 2.45) is 0 Å². The van der Waals surface area contributed by atoms with E-state index in [2.05, 4.69) is 0 Å². The summed E-state index contributed by atoms with van der Waals surface area (Å²) in [5.74, 6) is -3.99. The van der Waals surface area contributed by atoms with Gasteiger partial charge in [-0.15, -0.1) is 0 Å². The third-order valence-corrected chi connectivity index (χ3v) is 2.70. The lowest BCUT2D eigenvalue weighted by Gasteiger charge is -2.33. The van der Waals surface area contributed by atoms with Gasteiger partial charge in [-0.1, -0.05) is 41.7 Å². The zero-order valence-corrected chi connectivity index (χ0v) is 8.74. The Morgan fingerprint density at radius 2 is 1.42 bits per heavy atom. The predicted molar refractivity (Wildman–Crippen MR) is 45.0 cm³/mol. The van der Waals surface area contributed by atoms with Crippen molar-refractivity contribution in [2.75, 3.05) is 0 Å². The standard InChI is InChI=1S/C6H8Cl3F3/c1-3-5(8,9)6(11,12)4(2,7)10/h3H2,1-2H3. The fraction of sp³-hybridized carbons (Fsp3) is 1.00. The molecule has 0 radical (unpaired) electrons. The zero-order chi connectivity index (χ0) is 10.2.